The summed E-state index contributed by atoms with van der Waals surface area (Å²) in [5, 5.41) is 20.3. The molecule has 2 nitrogen and oxygen atoms in total. The van der Waals surface area contributed by atoms with Gasteiger partial charge in [-0.15, -0.1) is 0 Å². The Bertz CT molecular complexity index is 466. The molecule has 0 fully saturated rings. The highest BCUT2D eigenvalue weighted by atomic mass is 16.3. The largest absolute Gasteiger partial charge is 0.508 e. The van der Waals surface area contributed by atoms with Crippen LogP contribution in [0.1, 0.15) is 48.6 Å². The molecular formula is C16H18O2. The van der Waals surface area contributed by atoms with Crippen molar-refractivity contribution in [2.75, 3.05) is 0 Å². The van der Waals surface area contributed by atoms with Crippen LogP contribution in [0.15, 0.2) is 36.4 Å². The van der Waals surface area contributed by atoms with Crippen LogP contribution in [0.25, 0.3) is 0 Å². The molecule has 0 heterocycles. The Morgan fingerprint density at radius 1 is 0.778 bits per heavy atom. The van der Waals surface area contributed by atoms with Gasteiger partial charge in [0.1, 0.15) is 11.5 Å². The number of phenols is 2. The van der Waals surface area contributed by atoms with Crippen LogP contribution in [0.3, 0.4) is 0 Å². The molecule has 0 amide bonds. The lowest BCUT2D eigenvalue weighted by Crippen LogP contribution is -1.97. The minimum atomic E-state index is 0.254. The molecule has 94 valence electrons. The molecule has 2 heteroatoms. The second-order valence-corrected chi connectivity index (χ2v) is 5.19. The fraction of sp³-hybridized carbons (Fsp3) is 0.375. The maximum absolute atomic E-state index is 10.2. The molecule has 0 radical (unpaired) electrons. The van der Waals surface area contributed by atoms with Crippen LogP contribution in [0.2, 0.25) is 0 Å². The zero-order valence-electron chi connectivity index (χ0n) is 10.3. The Labute approximate surface area is 107 Å². The Balaban J connectivity index is 1.97. The Morgan fingerprint density at radius 2 is 1.22 bits per heavy atom. The minimum Gasteiger partial charge on any atom is -0.508 e. The molecule has 0 bridgehead atoms. The maximum Gasteiger partial charge on any atom is 0.119 e. The molecule has 0 aromatic heterocycles. The van der Waals surface area contributed by atoms with Crippen molar-refractivity contribution < 1.29 is 10.2 Å². The summed E-state index contributed by atoms with van der Waals surface area (Å²) >= 11 is 0. The van der Waals surface area contributed by atoms with Crippen molar-refractivity contribution in [1.82, 2.24) is 0 Å². The number of rotatable bonds is 2. The molecule has 2 N–H and O–H groups in total. The number of aromatic hydroxyl groups is 2. The van der Waals surface area contributed by atoms with Crippen molar-refractivity contribution in [2.24, 2.45) is 0 Å². The van der Waals surface area contributed by atoms with Crippen molar-refractivity contribution >= 4 is 0 Å². The standard InChI is InChI=1S/C16H18O2/c17-15-10-14(12-7-3-4-8-12)16(18)9-13(15)11-5-1-2-6-11/h1,3,5,7,9-12,17-18H,2,4,6,8H2. The predicted octanol–water partition coefficient (Wildman–Crippen LogP) is 3.97. The number of allylic oxidation sites excluding steroid dienone is 4. The SMILES string of the molecule is Oc1cc(C2C=CCC2)c(O)cc1C1C=CCC1. The lowest BCUT2D eigenvalue weighted by atomic mass is 9.91. The van der Waals surface area contributed by atoms with Gasteiger partial charge >= 0.3 is 0 Å². The van der Waals surface area contributed by atoms with Crippen molar-refractivity contribution in [1.29, 1.82) is 0 Å². The van der Waals surface area contributed by atoms with Gasteiger partial charge < -0.3 is 10.2 Å². The third kappa shape index (κ3) is 1.92. The van der Waals surface area contributed by atoms with Crippen LogP contribution in [-0.4, -0.2) is 10.2 Å². The highest BCUT2D eigenvalue weighted by molar-refractivity contribution is 5.50. The summed E-state index contributed by atoms with van der Waals surface area (Å²) < 4.78 is 0. The third-order valence-corrected chi connectivity index (χ3v) is 4.00. The Kier molecular flexibility index (Phi) is 2.86. The maximum atomic E-state index is 10.2. The molecule has 2 unspecified atom stereocenters. The van der Waals surface area contributed by atoms with Gasteiger partial charge in [-0.1, -0.05) is 24.3 Å². The monoisotopic (exact) mass is 242 g/mol. The van der Waals surface area contributed by atoms with Gasteiger partial charge in [-0.05, 0) is 37.8 Å². The first kappa shape index (κ1) is 11.4. The van der Waals surface area contributed by atoms with Crippen molar-refractivity contribution in [2.45, 2.75) is 37.5 Å². The first-order valence-corrected chi connectivity index (χ1v) is 6.65. The van der Waals surface area contributed by atoms with E-state index in [1.165, 1.54) is 0 Å². The smallest absolute Gasteiger partial charge is 0.119 e. The van der Waals surface area contributed by atoms with E-state index in [4.69, 9.17) is 0 Å². The molecule has 1 aromatic carbocycles. The third-order valence-electron chi connectivity index (χ3n) is 4.00. The summed E-state index contributed by atoms with van der Waals surface area (Å²) in [6.07, 6.45) is 12.7. The van der Waals surface area contributed by atoms with E-state index in [0.717, 1.165) is 36.8 Å². The first-order valence-electron chi connectivity index (χ1n) is 6.65. The summed E-state index contributed by atoms with van der Waals surface area (Å²) in [4.78, 5) is 0. The van der Waals surface area contributed by atoms with Gasteiger partial charge in [0.25, 0.3) is 0 Å². The second kappa shape index (κ2) is 4.52. The normalized spacial score (nSPS) is 26.0. The summed E-state index contributed by atoms with van der Waals surface area (Å²) in [7, 11) is 0. The number of hydrogen-bond acceptors (Lipinski definition) is 2. The van der Waals surface area contributed by atoms with Crippen molar-refractivity contribution in [3.05, 3.63) is 47.6 Å². The van der Waals surface area contributed by atoms with Crippen molar-refractivity contribution in [3.63, 3.8) is 0 Å². The molecule has 2 atom stereocenters. The summed E-state index contributed by atoms with van der Waals surface area (Å²) in [6.45, 7) is 0. The Morgan fingerprint density at radius 3 is 1.56 bits per heavy atom. The van der Waals surface area contributed by atoms with Gasteiger partial charge in [0, 0.05) is 23.0 Å². The van der Waals surface area contributed by atoms with Gasteiger partial charge in [0.05, 0.1) is 0 Å². The fourth-order valence-corrected chi connectivity index (χ4v) is 2.99. The van der Waals surface area contributed by atoms with E-state index in [-0.39, 0.29) is 11.8 Å². The molecule has 2 aliphatic rings. The predicted molar refractivity (Wildman–Crippen MR) is 72.0 cm³/mol. The minimum absolute atomic E-state index is 0.254. The second-order valence-electron chi connectivity index (χ2n) is 5.19. The van der Waals surface area contributed by atoms with E-state index in [0.29, 0.717) is 11.5 Å². The van der Waals surface area contributed by atoms with Crippen molar-refractivity contribution in [3.8, 4) is 11.5 Å². The molecule has 0 saturated heterocycles. The summed E-state index contributed by atoms with van der Waals surface area (Å²) in [6, 6.07) is 3.49. The number of phenolic OH excluding ortho intramolecular Hbond substituents is 2. The van der Waals surface area contributed by atoms with E-state index >= 15 is 0 Å². The average molecular weight is 242 g/mol. The quantitative estimate of drug-likeness (QED) is 0.608. The van der Waals surface area contributed by atoms with Crippen LogP contribution < -0.4 is 0 Å². The Hall–Kier alpha value is -1.70. The van der Waals surface area contributed by atoms with Gasteiger partial charge in [-0.3, -0.25) is 0 Å². The number of benzene rings is 1. The molecule has 0 spiro atoms. The lowest BCUT2D eigenvalue weighted by Gasteiger charge is -2.16. The first-order chi connectivity index (χ1) is 8.75. The summed E-state index contributed by atoms with van der Waals surface area (Å²) in [5.41, 5.74) is 1.71. The lowest BCUT2D eigenvalue weighted by molar-refractivity contribution is 0.443. The van der Waals surface area contributed by atoms with E-state index in [2.05, 4.69) is 24.3 Å². The van der Waals surface area contributed by atoms with Crippen LogP contribution in [0, 0.1) is 0 Å². The van der Waals surface area contributed by atoms with E-state index in [9.17, 15) is 10.2 Å². The molecule has 18 heavy (non-hydrogen) atoms. The molecule has 0 aliphatic heterocycles. The highest BCUT2D eigenvalue weighted by Gasteiger charge is 2.21. The zero-order chi connectivity index (χ0) is 12.5. The molecule has 1 aromatic rings. The fourth-order valence-electron chi connectivity index (χ4n) is 2.99. The topological polar surface area (TPSA) is 40.5 Å². The molecule has 0 saturated carbocycles. The number of hydrogen-bond donors (Lipinski definition) is 2. The van der Waals surface area contributed by atoms with E-state index in [1.807, 2.05) is 0 Å². The molecule has 2 aliphatic carbocycles. The van der Waals surface area contributed by atoms with Gasteiger partial charge in [0.2, 0.25) is 0 Å². The zero-order valence-corrected chi connectivity index (χ0v) is 10.3. The van der Waals surface area contributed by atoms with Gasteiger partial charge in [0.15, 0.2) is 0 Å². The van der Waals surface area contributed by atoms with Gasteiger partial charge in [-0.2, -0.15) is 0 Å². The molecule has 3 rings (SSSR count). The van der Waals surface area contributed by atoms with Gasteiger partial charge in [-0.25, -0.2) is 0 Å². The van der Waals surface area contributed by atoms with Crippen LogP contribution in [0.4, 0.5) is 0 Å². The highest BCUT2D eigenvalue weighted by Crippen LogP contribution is 2.42. The van der Waals surface area contributed by atoms with Crippen LogP contribution >= 0.6 is 0 Å². The van der Waals surface area contributed by atoms with E-state index in [1.54, 1.807) is 12.1 Å². The summed E-state index contributed by atoms with van der Waals surface area (Å²) in [5.74, 6) is 1.15. The van der Waals surface area contributed by atoms with Crippen LogP contribution in [0.5, 0.6) is 11.5 Å². The van der Waals surface area contributed by atoms with E-state index < -0.39 is 0 Å². The van der Waals surface area contributed by atoms with Crippen LogP contribution in [-0.2, 0) is 0 Å². The average Bonchev–Trinajstić information content (AvgIpc) is 3.02. The molecular weight excluding hydrogens is 224 g/mol.